The summed E-state index contributed by atoms with van der Waals surface area (Å²) in [5.74, 6) is -3.76. The number of methoxy groups -OCH3 is 2. The van der Waals surface area contributed by atoms with Crippen LogP contribution in [-0.2, 0) is 33.6 Å². The summed E-state index contributed by atoms with van der Waals surface area (Å²) in [6.45, 7) is 5.01. The predicted molar refractivity (Wildman–Crippen MR) is 158 cm³/mol. The second kappa shape index (κ2) is 13.7. The van der Waals surface area contributed by atoms with E-state index in [2.05, 4.69) is 0 Å². The lowest BCUT2D eigenvalue weighted by Gasteiger charge is -2.36. The van der Waals surface area contributed by atoms with Gasteiger partial charge >= 0.3 is 12.1 Å². The van der Waals surface area contributed by atoms with Gasteiger partial charge in [-0.05, 0) is 79.1 Å². The van der Waals surface area contributed by atoms with Crippen molar-refractivity contribution in [3.8, 4) is 11.5 Å². The van der Waals surface area contributed by atoms with E-state index >= 15 is 4.39 Å². The molecular weight excluding hydrogens is 578 g/mol. The van der Waals surface area contributed by atoms with E-state index < -0.39 is 59.0 Å². The molecular formula is C34H37F4NO5. The highest BCUT2D eigenvalue weighted by Crippen LogP contribution is 2.48. The van der Waals surface area contributed by atoms with Crippen molar-refractivity contribution in [2.24, 2.45) is 11.8 Å². The number of hydrogen-bond acceptors (Lipinski definition) is 6. The zero-order valence-corrected chi connectivity index (χ0v) is 25.5. The van der Waals surface area contributed by atoms with Crippen molar-refractivity contribution < 1.29 is 41.4 Å². The number of ether oxygens (including phenoxy) is 3. The van der Waals surface area contributed by atoms with Gasteiger partial charge in [0.2, 0.25) is 0 Å². The highest BCUT2D eigenvalue weighted by atomic mass is 19.4. The molecule has 236 valence electrons. The van der Waals surface area contributed by atoms with Crippen molar-refractivity contribution in [2.75, 3.05) is 25.7 Å². The number of Topliss-reactive ketones (excluding diaryl/α,β-unsaturated/α-hetero) is 1. The fourth-order valence-corrected chi connectivity index (χ4v) is 5.97. The molecule has 44 heavy (non-hydrogen) atoms. The van der Waals surface area contributed by atoms with E-state index in [-0.39, 0.29) is 37.4 Å². The Morgan fingerprint density at radius 3 is 1.93 bits per heavy atom. The molecule has 0 aromatic heterocycles. The van der Waals surface area contributed by atoms with Gasteiger partial charge < -0.3 is 19.1 Å². The van der Waals surface area contributed by atoms with Gasteiger partial charge in [-0.25, -0.2) is 4.39 Å². The lowest BCUT2D eigenvalue weighted by atomic mass is 9.69. The maximum Gasteiger partial charge on any atom is 0.417 e. The number of rotatable bonds is 10. The van der Waals surface area contributed by atoms with E-state index in [1.54, 1.807) is 57.2 Å². The molecule has 1 aliphatic carbocycles. The van der Waals surface area contributed by atoms with Crippen LogP contribution in [0.3, 0.4) is 0 Å². The fraction of sp³-hybridized carbons (Fsp3) is 0.412. The molecule has 1 unspecified atom stereocenters. The highest BCUT2D eigenvalue weighted by molar-refractivity contribution is 6.00. The molecule has 3 aromatic carbocycles. The number of esters is 1. The Morgan fingerprint density at radius 2 is 1.48 bits per heavy atom. The number of halogens is 4. The number of carbonyl (C=O) groups is 2. The van der Waals surface area contributed by atoms with Crippen LogP contribution in [0.25, 0.3) is 0 Å². The third kappa shape index (κ3) is 7.17. The Morgan fingerprint density at radius 1 is 0.955 bits per heavy atom. The van der Waals surface area contributed by atoms with Crippen molar-refractivity contribution in [1.29, 1.82) is 0 Å². The molecule has 0 amide bonds. The quantitative estimate of drug-likeness (QED) is 0.133. The third-order valence-corrected chi connectivity index (χ3v) is 8.21. The van der Waals surface area contributed by atoms with Crippen LogP contribution in [0.1, 0.15) is 60.4 Å². The van der Waals surface area contributed by atoms with E-state index in [0.717, 1.165) is 11.1 Å². The van der Waals surface area contributed by atoms with Crippen molar-refractivity contribution >= 4 is 17.4 Å². The second-order valence-electron chi connectivity index (χ2n) is 11.2. The topological polar surface area (TPSA) is 65.1 Å². The molecule has 0 spiro atoms. The standard InChI is InChI=1S/C34H37F4NO5/c1-6-44-33(41)27-15-20(2)26(17-29(27)40)30-31(34(36,37)38)21(3)16-28(32(30)35)39(18-22-7-11-24(42-4)12-8-22)19-23-9-13-25(43-5)14-10-23/h7-14,16,20,26-27H,6,15,17-19H2,1-5H3/t20-,26-,27?/m1/s1. The zero-order chi connectivity index (χ0) is 32.2. The molecule has 3 aromatic rings. The van der Waals surface area contributed by atoms with Gasteiger partial charge in [0.05, 0.1) is 32.1 Å². The Bertz CT molecular complexity index is 1420. The fourth-order valence-electron chi connectivity index (χ4n) is 5.97. The molecule has 0 bridgehead atoms. The van der Waals surface area contributed by atoms with Crippen LogP contribution in [0.4, 0.5) is 23.2 Å². The molecule has 1 aliphatic rings. The molecule has 3 atom stereocenters. The number of nitrogens with zero attached hydrogens (tertiary/aromatic N) is 1. The van der Waals surface area contributed by atoms with Gasteiger partial charge in [-0.2, -0.15) is 13.2 Å². The minimum absolute atomic E-state index is 0.00991. The van der Waals surface area contributed by atoms with Gasteiger partial charge in [-0.15, -0.1) is 0 Å². The molecule has 0 saturated heterocycles. The minimum atomic E-state index is -4.86. The van der Waals surface area contributed by atoms with E-state index in [1.807, 2.05) is 24.3 Å². The molecule has 0 radical (unpaired) electrons. The van der Waals surface area contributed by atoms with Crippen LogP contribution in [0.2, 0.25) is 0 Å². The van der Waals surface area contributed by atoms with Crippen molar-refractivity contribution in [3.05, 3.63) is 88.2 Å². The number of aryl methyl sites for hydroxylation is 1. The summed E-state index contributed by atoms with van der Waals surface area (Å²) in [5, 5.41) is 0. The average molecular weight is 616 g/mol. The first-order valence-corrected chi connectivity index (χ1v) is 14.5. The second-order valence-corrected chi connectivity index (χ2v) is 11.2. The average Bonchev–Trinajstić information content (AvgIpc) is 2.99. The van der Waals surface area contributed by atoms with Gasteiger partial charge in [0.15, 0.2) is 5.82 Å². The minimum Gasteiger partial charge on any atom is -0.497 e. The normalized spacial score (nSPS) is 18.6. The van der Waals surface area contributed by atoms with Crippen molar-refractivity contribution in [2.45, 2.75) is 58.8 Å². The predicted octanol–water partition coefficient (Wildman–Crippen LogP) is 7.64. The molecule has 0 heterocycles. The first kappa shape index (κ1) is 32.8. The van der Waals surface area contributed by atoms with Gasteiger partial charge in [-0.3, -0.25) is 9.59 Å². The number of benzene rings is 3. The Hall–Kier alpha value is -4.08. The molecule has 1 saturated carbocycles. The number of hydrogen-bond donors (Lipinski definition) is 0. The summed E-state index contributed by atoms with van der Waals surface area (Å²) in [6.07, 6.45) is -5.29. The third-order valence-electron chi connectivity index (χ3n) is 8.21. The Kier molecular flexibility index (Phi) is 10.2. The number of ketones is 1. The maximum atomic E-state index is 16.8. The van der Waals surface area contributed by atoms with Gasteiger partial charge in [0, 0.05) is 25.1 Å². The van der Waals surface area contributed by atoms with Crippen LogP contribution < -0.4 is 14.4 Å². The summed E-state index contributed by atoms with van der Waals surface area (Å²) in [7, 11) is 3.08. The Labute approximate surface area is 254 Å². The SMILES string of the molecule is CCOC(=O)C1C[C@@H](C)[C@H](c2c(F)c(N(Cc3ccc(OC)cc3)Cc3ccc(OC)cc3)cc(C)c2C(F)(F)F)CC1=O. The lowest BCUT2D eigenvalue weighted by Crippen LogP contribution is -2.37. The first-order chi connectivity index (χ1) is 20.9. The van der Waals surface area contributed by atoms with Crippen LogP contribution >= 0.6 is 0 Å². The Balaban J connectivity index is 1.83. The molecule has 4 rings (SSSR count). The van der Waals surface area contributed by atoms with E-state index in [1.165, 1.54) is 13.0 Å². The maximum absolute atomic E-state index is 16.8. The van der Waals surface area contributed by atoms with Crippen molar-refractivity contribution in [1.82, 2.24) is 0 Å². The number of carbonyl (C=O) groups excluding carboxylic acids is 2. The van der Waals surface area contributed by atoms with E-state index in [9.17, 15) is 22.8 Å². The van der Waals surface area contributed by atoms with Crippen molar-refractivity contribution in [3.63, 3.8) is 0 Å². The van der Waals surface area contributed by atoms with Gasteiger partial charge in [0.25, 0.3) is 0 Å². The van der Waals surface area contributed by atoms with Gasteiger partial charge in [0.1, 0.15) is 23.2 Å². The number of alkyl halides is 3. The zero-order valence-electron chi connectivity index (χ0n) is 25.5. The lowest BCUT2D eigenvalue weighted by molar-refractivity contribution is -0.154. The molecule has 6 nitrogen and oxygen atoms in total. The summed E-state index contributed by atoms with van der Waals surface area (Å²) in [5.41, 5.74) is -0.195. The highest BCUT2D eigenvalue weighted by Gasteiger charge is 2.46. The summed E-state index contributed by atoms with van der Waals surface area (Å²) in [4.78, 5) is 27.2. The van der Waals surface area contributed by atoms with E-state index in [0.29, 0.717) is 11.5 Å². The van der Waals surface area contributed by atoms with Crippen LogP contribution in [-0.4, -0.2) is 32.6 Å². The van der Waals surface area contributed by atoms with Crippen LogP contribution in [0.15, 0.2) is 54.6 Å². The van der Waals surface area contributed by atoms with Gasteiger partial charge in [-0.1, -0.05) is 31.2 Å². The molecule has 1 fully saturated rings. The molecule has 0 N–H and O–H groups in total. The van der Waals surface area contributed by atoms with E-state index in [4.69, 9.17) is 14.2 Å². The van der Waals surface area contributed by atoms with Crippen LogP contribution in [0, 0.1) is 24.6 Å². The summed E-state index contributed by atoms with van der Waals surface area (Å²) < 4.78 is 76.1. The summed E-state index contributed by atoms with van der Waals surface area (Å²) >= 11 is 0. The van der Waals surface area contributed by atoms with Crippen LogP contribution in [0.5, 0.6) is 11.5 Å². The smallest absolute Gasteiger partial charge is 0.417 e. The monoisotopic (exact) mass is 615 g/mol. The summed E-state index contributed by atoms with van der Waals surface area (Å²) in [6, 6.07) is 15.5. The molecule has 10 heteroatoms. The first-order valence-electron chi connectivity index (χ1n) is 14.5. The largest absolute Gasteiger partial charge is 0.497 e. The molecule has 0 aliphatic heterocycles. The number of anilines is 1.